The number of benzene rings is 1. The van der Waals surface area contributed by atoms with Gasteiger partial charge in [0.25, 0.3) is 5.91 Å². The Morgan fingerprint density at radius 1 is 1.07 bits per heavy atom. The number of nitrogens with zero attached hydrogens (tertiary/aromatic N) is 1. The molecule has 2 heterocycles. The molecule has 6 heteroatoms. The van der Waals surface area contributed by atoms with Crippen molar-refractivity contribution in [2.24, 2.45) is 5.92 Å². The number of amides is 2. The fourth-order valence-electron chi connectivity index (χ4n) is 4.06. The maximum Gasteiger partial charge on any atom is 0.251 e. The summed E-state index contributed by atoms with van der Waals surface area (Å²) in [5.41, 5.74) is 2.79. The van der Waals surface area contributed by atoms with E-state index in [0.717, 1.165) is 24.0 Å². The number of aromatic nitrogens is 1. The Morgan fingerprint density at radius 3 is 2.47 bits per heavy atom. The second-order valence-electron chi connectivity index (χ2n) is 7.94. The van der Waals surface area contributed by atoms with Gasteiger partial charge in [0.1, 0.15) is 5.92 Å². The van der Waals surface area contributed by atoms with Gasteiger partial charge >= 0.3 is 0 Å². The van der Waals surface area contributed by atoms with E-state index in [1.165, 1.54) is 12.8 Å². The monoisotopic (exact) mass is 403 g/mol. The van der Waals surface area contributed by atoms with Gasteiger partial charge in [-0.15, -0.1) is 0 Å². The lowest BCUT2D eigenvalue weighted by atomic mass is 9.95. The van der Waals surface area contributed by atoms with Crippen molar-refractivity contribution in [2.75, 3.05) is 0 Å². The van der Waals surface area contributed by atoms with Crippen LogP contribution >= 0.6 is 0 Å². The summed E-state index contributed by atoms with van der Waals surface area (Å²) in [7, 11) is 0. The summed E-state index contributed by atoms with van der Waals surface area (Å²) >= 11 is 0. The molecule has 0 radical (unpaired) electrons. The molecule has 2 aliphatic rings. The SMILES string of the molecule is O=C(NC1CCCC1)c1ccc(CCC2C(=O)N/C(=C\c3ccncc3)C2=O)cc1. The molecule has 6 nitrogen and oxygen atoms in total. The molecule has 1 unspecified atom stereocenters. The highest BCUT2D eigenvalue weighted by atomic mass is 16.2. The van der Waals surface area contributed by atoms with Crippen LogP contribution in [0.2, 0.25) is 0 Å². The number of carbonyl (C=O) groups excluding carboxylic acids is 3. The minimum absolute atomic E-state index is 0.0373. The summed E-state index contributed by atoms with van der Waals surface area (Å²) in [6.07, 6.45) is 10.5. The van der Waals surface area contributed by atoms with Crippen molar-refractivity contribution in [3.63, 3.8) is 0 Å². The summed E-state index contributed by atoms with van der Waals surface area (Å²) in [5.74, 6) is -1.15. The number of hydrogen-bond acceptors (Lipinski definition) is 4. The van der Waals surface area contributed by atoms with Gasteiger partial charge in [-0.25, -0.2) is 0 Å². The molecule has 1 aliphatic heterocycles. The Balaban J connectivity index is 1.34. The standard InChI is InChI=1S/C24H25N3O3/c28-22-20(24(30)27-21(22)15-17-11-13-25-14-12-17)10-7-16-5-8-18(9-6-16)23(29)26-19-3-1-2-4-19/h5-6,8-9,11-15,19-20H,1-4,7,10H2,(H,26,29)(H,27,30)/b21-15-. The van der Waals surface area contributed by atoms with Crippen LogP contribution in [-0.2, 0) is 16.0 Å². The van der Waals surface area contributed by atoms with E-state index in [9.17, 15) is 14.4 Å². The largest absolute Gasteiger partial charge is 0.349 e. The summed E-state index contributed by atoms with van der Waals surface area (Å²) in [4.78, 5) is 41.2. The van der Waals surface area contributed by atoms with Crippen LogP contribution in [0.15, 0.2) is 54.5 Å². The summed E-state index contributed by atoms with van der Waals surface area (Å²) < 4.78 is 0. The molecule has 2 N–H and O–H groups in total. The molecule has 154 valence electrons. The Morgan fingerprint density at radius 2 is 1.77 bits per heavy atom. The number of carbonyl (C=O) groups is 3. The number of Topliss-reactive ketones (excluding diaryl/α,β-unsaturated/α-hetero) is 1. The third kappa shape index (κ3) is 4.64. The highest BCUT2D eigenvalue weighted by molar-refractivity contribution is 6.19. The number of hydrogen-bond donors (Lipinski definition) is 2. The van der Waals surface area contributed by atoms with Crippen molar-refractivity contribution in [3.8, 4) is 0 Å². The van der Waals surface area contributed by atoms with E-state index in [0.29, 0.717) is 30.1 Å². The molecule has 1 atom stereocenters. The minimum Gasteiger partial charge on any atom is -0.349 e. The summed E-state index contributed by atoms with van der Waals surface area (Å²) in [6, 6.07) is 11.3. The molecule has 1 saturated heterocycles. The van der Waals surface area contributed by atoms with Crippen molar-refractivity contribution in [1.82, 2.24) is 15.6 Å². The van der Waals surface area contributed by atoms with E-state index in [1.807, 2.05) is 24.3 Å². The Bertz CT molecular complexity index is 961. The van der Waals surface area contributed by atoms with Gasteiger partial charge in [0.15, 0.2) is 5.78 Å². The molecular weight excluding hydrogens is 378 g/mol. The molecule has 4 rings (SSSR count). The number of pyridine rings is 1. The van der Waals surface area contributed by atoms with Crippen molar-refractivity contribution >= 4 is 23.7 Å². The average Bonchev–Trinajstić information content (AvgIpc) is 3.36. The number of rotatable bonds is 6. The first-order valence-corrected chi connectivity index (χ1v) is 10.5. The molecule has 30 heavy (non-hydrogen) atoms. The Hall–Kier alpha value is -3.28. The van der Waals surface area contributed by atoms with Gasteiger partial charge in [0.2, 0.25) is 5.91 Å². The lowest BCUT2D eigenvalue weighted by Crippen LogP contribution is -2.32. The zero-order chi connectivity index (χ0) is 20.9. The van der Waals surface area contributed by atoms with Crippen LogP contribution in [0.4, 0.5) is 0 Å². The molecule has 2 amide bonds. The maximum atomic E-state index is 12.6. The first-order chi connectivity index (χ1) is 14.6. The molecule has 2 fully saturated rings. The second-order valence-corrected chi connectivity index (χ2v) is 7.94. The third-order valence-corrected chi connectivity index (χ3v) is 5.80. The van der Waals surface area contributed by atoms with E-state index in [-0.39, 0.29) is 17.6 Å². The van der Waals surface area contributed by atoms with E-state index in [4.69, 9.17) is 0 Å². The third-order valence-electron chi connectivity index (χ3n) is 5.80. The van der Waals surface area contributed by atoms with Crippen molar-refractivity contribution < 1.29 is 14.4 Å². The van der Waals surface area contributed by atoms with Crippen LogP contribution in [0.25, 0.3) is 6.08 Å². The average molecular weight is 403 g/mol. The number of nitrogens with one attached hydrogen (secondary N) is 2. The van der Waals surface area contributed by atoms with E-state index < -0.39 is 5.92 Å². The topological polar surface area (TPSA) is 88.2 Å². The van der Waals surface area contributed by atoms with E-state index in [1.54, 1.807) is 30.6 Å². The molecule has 1 aromatic heterocycles. The molecule has 1 saturated carbocycles. The van der Waals surface area contributed by atoms with Gasteiger partial charge in [0.05, 0.1) is 5.70 Å². The lowest BCUT2D eigenvalue weighted by molar-refractivity contribution is -0.127. The molecule has 0 bridgehead atoms. The first kappa shape index (κ1) is 20.0. The fraction of sp³-hybridized carbons (Fsp3) is 0.333. The number of aryl methyl sites for hydroxylation is 1. The quantitative estimate of drug-likeness (QED) is 0.573. The smallest absolute Gasteiger partial charge is 0.251 e. The first-order valence-electron chi connectivity index (χ1n) is 10.5. The Labute approximate surface area is 175 Å². The zero-order valence-electron chi connectivity index (χ0n) is 16.8. The fourth-order valence-corrected chi connectivity index (χ4v) is 4.06. The van der Waals surface area contributed by atoms with Gasteiger partial charge in [-0.05, 0) is 67.2 Å². The van der Waals surface area contributed by atoms with Crippen LogP contribution in [0.1, 0.15) is 53.6 Å². The van der Waals surface area contributed by atoms with Gasteiger partial charge in [-0.1, -0.05) is 25.0 Å². The highest BCUT2D eigenvalue weighted by Crippen LogP contribution is 2.22. The van der Waals surface area contributed by atoms with Gasteiger partial charge in [-0.3, -0.25) is 19.4 Å². The van der Waals surface area contributed by atoms with E-state index >= 15 is 0 Å². The number of allylic oxidation sites excluding steroid dienone is 1. The van der Waals surface area contributed by atoms with Crippen molar-refractivity contribution in [2.45, 2.75) is 44.6 Å². The van der Waals surface area contributed by atoms with Crippen molar-refractivity contribution in [3.05, 3.63) is 71.2 Å². The maximum absolute atomic E-state index is 12.6. The molecular formula is C24H25N3O3. The van der Waals surface area contributed by atoms with Crippen LogP contribution in [-0.4, -0.2) is 28.6 Å². The molecule has 2 aromatic rings. The molecule has 1 aromatic carbocycles. The predicted octanol–water partition coefficient (Wildman–Crippen LogP) is 3.04. The second kappa shape index (κ2) is 9.03. The van der Waals surface area contributed by atoms with Crippen LogP contribution in [0.5, 0.6) is 0 Å². The highest BCUT2D eigenvalue weighted by Gasteiger charge is 2.36. The van der Waals surface area contributed by atoms with Gasteiger partial charge in [0, 0.05) is 24.0 Å². The normalized spacial score (nSPS) is 20.5. The predicted molar refractivity (Wildman–Crippen MR) is 113 cm³/mol. The molecule has 0 spiro atoms. The van der Waals surface area contributed by atoms with Crippen LogP contribution in [0, 0.1) is 5.92 Å². The lowest BCUT2D eigenvalue weighted by Gasteiger charge is -2.12. The zero-order valence-corrected chi connectivity index (χ0v) is 16.8. The minimum atomic E-state index is -0.677. The molecule has 1 aliphatic carbocycles. The summed E-state index contributed by atoms with van der Waals surface area (Å²) in [5, 5.41) is 5.78. The van der Waals surface area contributed by atoms with Gasteiger partial charge < -0.3 is 10.6 Å². The van der Waals surface area contributed by atoms with Gasteiger partial charge in [-0.2, -0.15) is 0 Å². The summed E-state index contributed by atoms with van der Waals surface area (Å²) in [6.45, 7) is 0. The van der Waals surface area contributed by atoms with Crippen LogP contribution in [0.3, 0.4) is 0 Å². The van der Waals surface area contributed by atoms with Crippen molar-refractivity contribution in [1.29, 1.82) is 0 Å². The number of ketones is 1. The Kier molecular flexibility index (Phi) is 6.02. The van der Waals surface area contributed by atoms with Crippen LogP contribution < -0.4 is 10.6 Å². The van der Waals surface area contributed by atoms with E-state index in [2.05, 4.69) is 15.6 Å².